The molecule has 3 N–H and O–H groups in total. The fraction of sp³-hybridized carbons (Fsp3) is 0.316. The topological polar surface area (TPSA) is 76.8 Å². The van der Waals surface area contributed by atoms with Crippen molar-refractivity contribution in [2.24, 2.45) is 0 Å². The van der Waals surface area contributed by atoms with Crippen LogP contribution < -0.4 is 11.1 Å². The molecule has 0 atom stereocenters. The van der Waals surface area contributed by atoms with Crippen molar-refractivity contribution in [3.8, 4) is 0 Å². The zero-order valence-electron chi connectivity index (χ0n) is 15.3. The van der Waals surface area contributed by atoms with Crippen molar-refractivity contribution in [3.63, 3.8) is 0 Å². The molecule has 0 unspecified atom stereocenters. The largest absolute Gasteiger partial charge is 0.493 e. The van der Waals surface area contributed by atoms with Crippen LogP contribution in [0.25, 0.3) is 0 Å². The Hall–Kier alpha value is -2.73. The first-order chi connectivity index (χ1) is 11.8. The number of hydrogen-bond donors (Lipinski definition) is 2. The van der Waals surface area contributed by atoms with E-state index < -0.39 is 0 Å². The molecule has 0 bridgehead atoms. The van der Waals surface area contributed by atoms with Gasteiger partial charge in [0, 0.05) is 12.6 Å². The zero-order valence-corrected chi connectivity index (χ0v) is 15.3. The van der Waals surface area contributed by atoms with Crippen LogP contribution in [-0.4, -0.2) is 45.2 Å². The predicted octanol–water partition coefficient (Wildman–Crippen LogP) is 2.78. The van der Waals surface area contributed by atoms with Gasteiger partial charge < -0.3 is 25.4 Å². The summed E-state index contributed by atoms with van der Waals surface area (Å²) >= 11 is 0. The molecule has 1 aromatic carbocycles. The highest BCUT2D eigenvalue weighted by molar-refractivity contribution is 6.01. The van der Waals surface area contributed by atoms with Crippen molar-refractivity contribution >= 4 is 17.3 Å². The molecule has 1 aromatic rings. The van der Waals surface area contributed by atoms with Gasteiger partial charge in [0.15, 0.2) is 11.5 Å². The SMILES string of the molecule is C=C(OC)/C(OCCN(C)C)=C(C)/C=C/C(=O)Nc1ccccc1N. The lowest BCUT2D eigenvalue weighted by Crippen LogP contribution is -2.18. The third kappa shape index (κ3) is 7.14. The van der Waals surface area contributed by atoms with Crippen LogP contribution in [0.5, 0.6) is 0 Å². The Bertz CT molecular complexity index is 664. The number of amides is 1. The number of carbonyl (C=O) groups excluding carboxylic acids is 1. The second kappa shape index (κ2) is 10.2. The highest BCUT2D eigenvalue weighted by Gasteiger charge is 2.09. The number of methoxy groups -OCH3 is 1. The summed E-state index contributed by atoms with van der Waals surface area (Å²) in [5.41, 5.74) is 7.63. The molecule has 0 aliphatic heterocycles. The molecule has 0 aromatic heterocycles. The molecule has 0 fully saturated rings. The summed E-state index contributed by atoms with van der Waals surface area (Å²) in [5.74, 6) is 0.647. The minimum Gasteiger partial charge on any atom is -0.493 e. The normalized spacial score (nSPS) is 12.0. The quantitative estimate of drug-likeness (QED) is 0.311. The van der Waals surface area contributed by atoms with Gasteiger partial charge in [-0.25, -0.2) is 0 Å². The van der Waals surface area contributed by atoms with E-state index in [2.05, 4.69) is 11.9 Å². The summed E-state index contributed by atoms with van der Waals surface area (Å²) in [6.45, 7) is 6.90. The number of hydrogen-bond acceptors (Lipinski definition) is 5. The van der Waals surface area contributed by atoms with Crippen LogP contribution in [-0.2, 0) is 14.3 Å². The second-order valence-electron chi connectivity index (χ2n) is 5.70. The fourth-order valence-electron chi connectivity index (χ4n) is 1.90. The van der Waals surface area contributed by atoms with E-state index in [1.807, 2.05) is 25.9 Å². The molecule has 6 nitrogen and oxygen atoms in total. The number of nitrogen functional groups attached to an aromatic ring is 1. The van der Waals surface area contributed by atoms with Gasteiger partial charge in [-0.15, -0.1) is 0 Å². The third-order valence-electron chi connectivity index (χ3n) is 3.35. The molecule has 0 heterocycles. The van der Waals surface area contributed by atoms with Gasteiger partial charge in [0.05, 0.1) is 18.5 Å². The minimum atomic E-state index is -0.284. The molecule has 0 saturated carbocycles. The van der Waals surface area contributed by atoms with Crippen LogP contribution in [0.15, 0.2) is 60.1 Å². The van der Waals surface area contributed by atoms with Crippen LogP contribution >= 0.6 is 0 Å². The molecular weight excluding hydrogens is 318 g/mol. The summed E-state index contributed by atoms with van der Waals surface area (Å²) in [6.07, 6.45) is 3.07. The van der Waals surface area contributed by atoms with Gasteiger partial charge in [0.2, 0.25) is 5.91 Å². The van der Waals surface area contributed by atoms with E-state index in [1.165, 1.54) is 13.2 Å². The highest BCUT2D eigenvalue weighted by atomic mass is 16.5. The Morgan fingerprint density at radius 2 is 2.00 bits per heavy atom. The highest BCUT2D eigenvalue weighted by Crippen LogP contribution is 2.18. The second-order valence-corrected chi connectivity index (χ2v) is 5.70. The van der Waals surface area contributed by atoms with Gasteiger partial charge in [0.1, 0.15) is 6.61 Å². The van der Waals surface area contributed by atoms with E-state index in [-0.39, 0.29) is 5.91 Å². The summed E-state index contributed by atoms with van der Waals surface area (Å²) < 4.78 is 10.9. The average molecular weight is 345 g/mol. The lowest BCUT2D eigenvalue weighted by atomic mass is 10.2. The van der Waals surface area contributed by atoms with Gasteiger partial charge in [-0.05, 0) is 38.7 Å². The maximum Gasteiger partial charge on any atom is 0.248 e. The van der Waals surface area contributed by atoms with Crippen molar-refractivity contribution in [1.29, 1.82) is 0 Å². The number of nitrogens with zero attached hydrogens (tertiary/aromatic N) is 1. The summed E-state index contributed by atoms with van der Waals surface area (Å²) in [5, 5.41) is 2.73. The summed E-state index contributed by atoms with van der Waals surface area (Å²) in [4.78, 5) is 14.1. The Morgan fingerprint density at radius 1 is 1.32 bits per heavy atom. The average Bonchev–Trinajstić information content (AvgIpc) is 2.57. The van der Waals surface area contributed by atoms with E-state index >= 15 is 0 Å². The Labute approximate surface area is 149 Å². The Balaban J connectivity index is 2.80. The standard InChI is InChI=1S/C19H27N3O3/c1-14(19(15(2)24-5)25-13-12-22(3)4)10-11-18(23)21-17-9-7-6-8-16(17)20/h6-11H,2,12-13,20H2,1,3-5H3,(H,21,23)/b11-10+,19-14-. The van der Waals surface area contributed by atoms with Gasteiger partial charge in [-0.1, -0.05) is 24.8 Å². The number of rotatable bonds is 9. The lowest BCUT2D eigenvalue weighted by molar-refractivity contribution is -0.111. The maximum atomic E-state index is 12.1. The molecule has 0 aliphatic carbocycles. The monoisotopic (exact) mass is 345 g/mol. The predicted molar refractivity (Wildman–Crippen MR) is 102 cm³/mol. The smallest absolute Gasteiger partial charge is 0.248 e. The van der Waals surface area contributed by atoms with E-state index in [9.17, 15) is 4.79 Å². The number of allylic oxidation sites excluding steroid dienone is 2. The van der Waals surface area contributed by atoms with Crippen LogP contribution in [0.1, 0.15) is 6.92 Å². The number of nitrogens with two attached hydrogens (primary N) is 1. The van der Waals surface area contributed by atoms with Crippen LogP contribution in [0.2, 0.25) is 0 Å². The fourth-order valence-corrected chi connectivity index (χ4v) is 1.90. The lowest BCUT2D eigenvalue weighted by Gasteiger charge is -2.16. The van der Waals surface area contributed by atoms with Crippen LogP contribution in [0.3, 0.4) is 0 Å². The molecule has 0 saturated heterocycles. The van der Waals surface area contributed by atoms with Crippen molar-refractivity contribution in [2.75, 3.05) is 45.4 Å². The maximum absolute atomic E-state index is 12.1. The first-order valence-electron chi connectivity index (χ1n) is 7.90. The molecule has 25 heavy (non-hydrogen) atoms. The van der Waals surface area contributed by atoms with E-state index in [0.717, 1.165) is 12.1 Å². The van der Waals surface area contributed by atoms with Gasteiger partial charge in [-0.2, -0.15) is 0 Å². The number of ether oxygens (including phenoxy) is 2. The van der Waals surface area contributed by atoms with Crippen molar-refractivity contribution in [2.45, 2.75) is 6.92 Å². The van der Waals surface area contributed by atoms with E-state index in [1.54, 1.807) is 30.3 Å². The molecule has 136 valence electrons. The van der Waals surface area contributed by atoms with Gasteiger partial charge in [0.25, 0.3) is 0 Å². The molecule has 0 spiro atoms. The number of nitrogens with one attached hydrogen (secondary N) is 1. The number of anilines is 2. The van der Waals surface area contributed by atoms with Crippen LogP contribution in [0, 0.1) is 0 Å². The number of para-hydroxylation sites is 2. The number of carbonyl (C=O) groups is 1. The van der Waals surface area contributed by atoms with Crippen molar-refractivity contribution in [1.82, 2.24) is 4.90 Å². The third-order valence-corrected chi connectivity index (χ3v) is 3.35. The van der Waals surface area contributed by atoms with E-state index in [4.69, 9.17) is 15.2 Å². The van der Waals surface area contributed by atoms with Gasteiger partial charge in [-0.3, -0.25) is 4.79 Å². The molecule has 0 aliphatic rings. The molecular formula is C19H27N3O3. The molecule has 1 amide bonds. The van der Waals surface area contributed by atoms with Crippen molar-refractivity contribution in [3.05, 3.63) is 60.1 Å². The molecule has 1 rings (SSSR count). The Morgan fingerprint density at radius 3 is 2.60 bits per heavy atom. The van der Waals surface area contributed by atoms with E-state index in [0.29, 0.717) is 29.5 Å². The number of likely N-dealkylation sites (N-methyl/N-ethyl adjacent to an activating group) is 1. The Kier molecular flexibility index (Phi) is 8.29. The molecule has 6 heteroatoms. The zero-order chi connectivity index (χ0) is 18.8. The van der Waals surface area contributed by atoms with Crippen molar-refractivity contribution < 1.29 is 14.3 Å². The van der Waals surface area contributed by atoms with Gasteiger partial charge >= 0.3 is 0 Å². The first kappa shape index (κ1) is 20.3. The number of benzene rings is 1. The first-order valence-corrected chi connectivity index (χ1v) is 7.90. The summed E-state index contributed by atoms with van der Waals surface area (Å²) in [7, 11) is 5.45. The molecule has 0 radical (unpaired) electrons. The van der Waals surface area contributed by atoms with Crippen LogP contribution in [0.4, 0.5) is 11.4 Å². The minimum absolute atomic E-state index is 0.284. The summed E-state index contributed by atoms with van der Waals surface area (Å²) in [6, 6.07) is 7.08.